The van der Waals surface area contributed by atoms with E-state index in [2.05, 4.69) is 43.0 Å². The molecule has 0 amide bonds. The molecule has 1 aliphatic heterocycles. The predicted molar refractivity (Wildman–Crippen MR) is 79.4 cm³/mol. The predicted octanol–water partition coefficient (Wildman–Crippen LogP) is 2.64. The Morgan fingerprint density at radius 2 is 2.00 bits per heavy atom. The van der Waals surface area contributed by atoms with Crippen LogP contribution in [0.2, 0.25) is 0 Å². The highest BCUT2D eigenvalue weighted by Crippen LogP contribution is 2.29. The van der Waals surface area contributed by atoms with Crippen LogP contribution in [0.5, 0.6) is 0 Å². The van der Waals surface area contributed by atoms with E-state index in [1.54, 1.807) is 0 Å². The molecule has 3 nitrogen and oxygen atoms in total. The number of nitrogens with zero attached hydrogens (tertiary/aromatic N) is 3. The van der Waals surface area contributed by atoms with Crippen molar-refractivity contribution in [3.63, 3.8) is 0 Å². The highest BCUT2D eigenvalue weighted by Gasteiger charge is 2.22. The van der Waals surface area contributed by atoms with Crippen molar-refractivity contribution < 1.29 is 0 Å². The van der Waals surface area contributed by atoms with Gasteiger partial charge in [0.2, 0.25) is 0 Å². The molecule has 0 bridgehead atoms. The maximum Gasteiger partial charge on any atom is 0.101 e. The van der Waals surface area contributed by atoms with Crippen LogP contribution in [0.1, 0.15) is 24.0 Å². The second-order valence-corrected chi connectivity index (χ2v) is 5.78. The van der Waals surface area contributed by atoms with Crippen LogP contribution < -0.4 is 4.90 Å². The topological polar surface area (TPSA) is 30.3 Å². The Morgan fingerprint density at radius 3 is 2.58 bits per heavy atom. The first-order valence-electron chi connectivity index (χ1n) is 7.01. The Balaban J connectivity index is 2.08. The van der Waals surface area contributed by atoms with Crippen molar-refractivity contribution in [1.29, 1.82) is 5.26 Å². The molecule has 0 spiro atoms. The largest absolute Gasteiger partial charge is 0.370 e. The van der Waals surface area contributed by atoms with E-state index in [0.717, 1.165) is 30.3 Å². The van der Waals surface area contributed by atoms with Gasteiger partial charge in [0.1, 0.15) is 6.07 Å². The van der Waals surface area contributed by atoms with E-state index in [9.17, 15) is 5.26 Å². The lowest BCUT2D eigenvalue weighted by Gasteiger charge is -2.35. The molecule has 0 unspecified atom stereocenters. The Morgan fingerprint density at radius 1 is 1.32 bits per heavy atom. The van der Waals surface area contributed by atoms with E-state index in [4.69, 9.17) is 0 Å². The molecule has 0 atom stereocenters. The summed E-state index contributed by atoms with van der Waals surface area (Å²) in [5.74, 6) is 0.792. The van der Waals surface area contributed by atoms with Gasteiger partial charge >= 0.3 is 0 Å². The van der Waals surface area contributed by atoms with Gasteiger partial charge in [0.15, 0.2) is 0 Å². The molecular weight excluding hydrogens is 234 g/mol. The molecule has 0 N–H and O–H groups in total. The van der Waals surface area contributed by atoms with Gasteiger partial charge in [-0.2, -0.15) is 5.26 Å². The zero-order valence-electron chi connectivity index (χ0n) is 12.2. The minimum Gasteiger partial charge on any atom is -0.370 e. The lowest BCUT2D eigenvalue weighted by molar-refractivity contribution is 0.285. The molecule has 19 heavy (non-hydrogen) atoms. The minimum atomic E-state index is 0.792. The van der Waals surface area contributed by atoms with Crippen LogP contribution in [-0.2, 0) is 0 Å². The van der Waals surface area contributed by atoms with E-state index in [1.807, 2.05) is 12.1 Å². The van der Waals surface area contributed by atoms with Gasteiger partial charge in [-0.15, -0.1) is 0 Å². The number of nitriles is 1. The van der Waals surface area contributed by atoms with Crippen LogP contribution in [0.15, 0.2) is 18.2 Å². The van der Waals surface area contributed by atoms with Gasteiger partial charge < -0.3 is 9.80 Å². The van der Waals surface area contributed by atoms with Crippen molar-refractivity contribution in [2.45, 2.75) is 19.8 Å². The Bertz CT molecular complexity index is 465. The average Bonchev–Trinajstić information content (AvgIpc) is 2.39. The maximum atomic E-state index is 9.26. The summed E-state index contributed by atoms with van der Waals surface area (Å²) in [5, 5.41) is 9.26. The van der Waals surface area contributed by atoms with Gasteiger partial charge in [-0.25, -0.2) is 0 Å². The van der Waals surface area contributed by atoms with Gasteiger partial charge in [-0.05, 0) is 51.4 Å². The molecular formula is C16H23N3. The third kappa shape index (κ3) is 3.27. The van der Waals surface area contributed by atoms with E-state index in [0.29, 0.717) is 0 Å². The van der Waals surface area contributed by atoms with Crippen molar-refractivity contribution in [3.05, 3.63) is 29.3 Å². The van der Waals surface area contributed by atoms with Gasteiger partial charge in [0, 0.05) is 19.6 Å². The van der Waals surface area contributed by atoms with Gasteiger partial charge in [-0.1, -0.05) is 12.1 Å². The highest BCUT2D eigenvalue weighted by atomic mass is 15.1. The molecule has 0 saturated carbocycles. The summed E-state index contributed by atoms with van der Waals surface area (Å²) in [6.07, 6.45) is 2.44. The molecule has 1 aromatic carbocycles. The molecule has 1 aliphatic rings. The first-order chi connectivity index (χ1) is 9.11. The molecule has 1 saturated heterocycles. The molecule has 2 rings (SSSR count). The van der Waals surface area contributed by atoms with Crippen molar-refractivity contribution >= 4 is 5.69 Å². The van der Waals surface area contributed by atoms with Crippen LogP contribution in [-0.4, -0.2) is 38.6 Å². The number of anilines is 1. The lowest BCUT2D eigenvalue weighted by Crippen LogP contribution is -2.37. The Labute approximate surface area is 116 Å². The maximum absolute atomic E-state index is 9.26. The molecule has 1 aromatic rings. The summed E-state index contributed by atoms with van der Waals surface area (Å²) >= 11 is 0. The molecule has 0 aromatic heterocycles. The van der Waals surface area contributed by atoms with Gasteiger partial charge in [-0.3, -0.25) is 0 Å². The standard InChI is InChI=1S/C16H23N3/c1-13-5-4-6-15(11-17)16(13)19-9-7-14(8-10-19)12-18(2)3/h4-6,14H,7-10,12H2,1-3H3. The number of rotatable bonds is 3. The number of hydrogen-bond acceptors (Lipinski definition) is 3. The molecule has 1 heterocycles. The molecule has 0 aliphatic carbocycles. The fraction of sp³-hybridized carbons (Fsp3) is 0.562. The molecule has 3 heteroatoms. The average molecular weight is 257 g/mol. The van der Waals surface area contributed by atoms with Gasteiger partial charge in [0.25, 0.3) is 0 Å². The van der Waals surface area contributed by atoms with Crippen molar-refractivity contribution in [3.8, 4) is 6.07 Å². The second-order valence-electron chi connectivity index (χ2n) is 5.78. The molecule has 1 fully saturated rings. The summed E-state index contributed by atoms with van der Waals surface area (Å²) < 4.78 is 0. The summed E-state index contributed by atoms with van der Waals surface area (Å²) in [6, 6.07) is 8.32. The normalized spacial score (nSPS) is 16.7. The Hall–Kier alpha value is -1.53. The number of piperidine rings is 1. The second kappa shape index (κ2) is 6.08. The zero-order chi connectivity index (χ0) is 13.8. The van der Waals surface area contributed by atoms with Crippen molar-refractivity contribution in [2.75, 3.05) is 38.6 Å². The number of aryl methyl sites for hydroxylation is 1. The first kappa shape index (κ1) is 13.9. The van der Waals surface area contributed by atoms with Gasteiger partial charge in [0.05, 0.1) is 11.3 Å². The Kier molecular flexibility index (Phi) is 4.44. The van der Waals surface area contributed by atoms with E-state index in [-0.39, 0.29) is 0 Å². The lowest BCUT2D eigenvalue weighted by atomic mass is 9.95. The quantitative estimate of drug-likeness (QED) is 0.834. The summed E-state index contributed by atoms with van der Waals surface area (Å²) in [4.78, 5) is 4.66. The fourth-order valence-electron chi connectivity index (χ4n) is 3.02. The number of hydrogen-bond donors (Lipinski definition) is 0. The third-order valence-corrected chi connectivity index (χ3v) is 3.91. The van der Waals surface area contributed by atoms with Crippen molar-refractivity contribution in [2.24, 2.45) is 5.92 Å². The van der Waals surface area contributed by atoms with Crippen molar-refractivity contribution in [1.82, 2.24) is 4.90 Å². The molecule has 0 radical (unpaired) electrons. The monoisotopic (exact) mass is 257 g/mol. The van der Waals surface area contributed by atoms with Crippen LogP contribution in [0.4, 0.5) is 5.69 Å². The summed E-state index contributed by atoms with van der Waals surface area (Å²) in [7, 11) is 4.28. The van der Waals surface area contributed by atoms with Crippen LogP contribution >= 0.6 is 0 Å². The SMILES string of the molecule is Cc1cccc(C#N)c1N1CCC(CN(C)C)CC1. The van der Waals surface area contributed by atoms with E-state index < -0.39 is 0 Å². The van der Waals surface area contributed by atoms with E-state index >= 15 is 0 Å². The van der Waals surface area contributed by atoms with E-state index in [1.165, 1.54) is 24.9 Å². The van der Waals surface area contributed by atoms with Crippen LogP contribution in [0.3, 0.4) is 0 Å². The zero-order valence-corrected chi connectivity index (χ0v) is 12.2. The van der Waals surface area contributed by atoms with Crippen LogP contribution in [0.25, 0.3) is 0 Å². The van der Waals surface area contributed by atoms with Crippen LogP contribution in [0, 0.1) is 24.2 Å². The summed E-state index contributed by atoms with van der Waals surface area (Å²) in [6.45, 7) is 5.41. The summed E-state index contributed by atoms with van der Waals surface area (Å²) in [5.41, 5.74) is 3.17. The first-order valence-corrected chi connectivity index (χ1v) is 7.01. The third-order valence-electron chi connectivity index (χ3n) is 3.91. The number of para-hydroxylation sites is 1. The highest BCUT2D eigenvalue weighted by molar-refractivity contribution is 5.64. The fourth-order valence-corrected chi connectivity index (χ4v) is 3.02. The minimum absolute atomic E-state index is 0.792. The number of benzene rings is 1. The smallest absolute Gasteiger partial charge is 0.101 e. The molecule has 102 valence electrons.